The Labute approximate surface area is 302 Å². The van der Waals surface area contributed by atoms with Crippen LogP contribution in [0.3, 0.4) is 0 Å². The minimum absolute atomic E-state index is 0.0232. The minimum atomic E-state index is -1.36. The van der Waals surface area contributed by atoms with E-state index in [2.05, 4.69) is 4.90 Å². The Morgan fingerprint density at radius 3 is 2.44 bits per heavy atom. The average molecular weight is 706 g/mol. The fourth-order valence-electron chi connectivity index (χ4n) is 7.50. The Hall–Kier alpha value is -5.29. The van der Waals surface area contributed by atoms with Crippen LogP contribution in [0.5, 0.6) is 5.75 Å². The van der Waals surface area contributed by atoms with E-state index in [-0.39, 0.29) is 11.7 Å². The van der Waals surface area contributed by atoms with Crippen molar-refractivity contribution in [2.24, 2.45) is 7.05 Å². The van der Waals surface area contributed by atoms with Crippen LogP contribution >= 0.6 is 0 Å². The number of aryl methyl sites for hydroxylation is 2. The molecule has 1 amide bonds. The first kappa shape index (κ1) is 35.1. The first-order chi connectivity index (χ1) is 24.8. The molecule has 3 aromatic heterocycles. The second-order valence-electron chi connectivity index (χ2n) is 14.6. The van der Waals surface area contributed by atoms with E-state index in [1.54, 1.807) is 13.1 Å². The maximum Gasteiger partial charge on any atom is 0.337 e. The standard InChI is InChI=1S/C41H44FN5O5/c1-24-28-13-10-20-51-36(28)31(42)22-29(24)35-30-23-32(45(6)38(30)44-25(2)34(35)37(40(49)50)52-41(3,4)5)27-14-15-43-33(21-27)46-16-18-47(19-17-46)39(48)26-11-8-7-9-12-26/h7-9,11-12,14-15,21-23,37H,10,13,16-20H2,1-6H3,(H,49,50). The van der Waals surface area contributed by atoms with Crippen LogP contribution in [0.15, 0.2) is 60.8 Å². The van der Waals surface area contributed by atoms with E-state index in [1.807, 2.05) is 92.7 Å². The molecule has 11 heteroatoms. The molecule has 0 saturated carbocycles. The predicted octanol–water partition coefficient (Wildman–Crippen LogP) is 7.29. The molecule has 2 aliphatic heterocycles. The van der Waals surface area contributed by atoms with Gasteiger partial charge in [-0.05, 0) is 95.0 Å². The number of rotatable bonds is 7. The summed E-state index contributed by atoms with van der Waals surface area (Å²) in [5.41, 5.74) is 5.93. The SMILES string of the molecule is Cc1nc2c(cc(-c3ccnc(N4CCN(C(=O)c5ccccc5)CC4)c3)n2C)c(-c2cc(F)c3c(c2C)CCCO3)c1C(OC(C)(C)C)C(=O)O. The number of carboxylic acid groups (broad SMARTS) is 1. The van der Waals surface area contributed by atoms with Crippen molar-refractivity contribution in [2.75, 3.05) is 37.7 Å². The number of piperazine rings is 1. The maximum atomic E-state index is 15.9. The number of hydrogen-bond acceptors (Lipinski definition) is 7. The molecule has 0 radical (unpaired) electrons. The summed E-state index contributed by atoms with van der Waals surface area (Å²) in [6.45, 7) is 12.0. The van der Waals surface area contributed by atoms with E-state index >= 15 is 4.39 Å². The van der Waals surface area contributed by atoms with Crippen LogP contribution < -0.4 is 9.64 Å². The molecule has 2 aliphatic rings. The molecule has 0 aliphatic carbocycles. The number of fused-ring (bicyclic) bond motifs is 2. The van der Waals surface area contributed by atoms with Crippen molar-refractivity contribution >= 4 is 28.7 Å². The summed E-state index contributed by atoms with van der Waals surface area (Å²) in [5, 5.41) is 11.3. The van der Waals surface area contributed by atoms with E-state index in [9.17, 15) is 14.7 Å². The molecule has 1 fully saturated rings. The Kier molecular flexibility index (Phi) is 9.25. The molecule has 1 unspecified atom stereocenters. The van der Waals surface area contributed by atoms with Crippen molar-refractivity contribution in [3.63, 3.8) is 0 Å². The van der Waals surface area contributed by atoms with Crippen molar-refractivity contribution < 1.29 is 28.6 Å². The van der Waals surface area contributed by atoms with E-state index < -0.39 is 23.5 Å². The van der Waals surface area contributed by atoms with Gasteiger partial charge in [0.2, 0.25) is 0 Å². The van der Waals surface area contributed by atoms with Gasteiger partial charge in [0.15, 0.2) is 17.7 Å². The lowest BCUT2D eigenvalue weighted by atomic mass is 9.86. The molecule has 5 aromatic rings. The third kappa shape index (κ3) is 6.49. The molecule has 7 rings (SSSR count). The van der Waals surface area contributed by atoms with Crippen molar-refractivity contribution in [1.82, 2.24) is 19.4 Å². The summed E-state index contributed by atoms with van der Waals surface area (Å²) < 4.78 is 29.8. The lowest BCUT2D eigenvalue weighted by Gasteiger charge is -2.35. The third-order valence-corrected chi connectivity index (χ3v) is 10.0. The monoisotopic (exact) mass is 705 g/mol. The summed E-state index contributed by atoms with van der Waals surface area (Å²) in [7, 11) is 1.93. The third-order valence-electron chi connectivity index (χ3n) is 10.0. The lowest BCUT2D eigenvalue weighted by Crippen LogP contribution is -2.49. The summed E-state index contributed by atoms with van der Waals surface area (Å²) >= 11 is 0. The van der Waals surface area contributed by atoms with Crippen LogP contribution in [0.4, 0.5) is 10.2 Å². The van der Waals surface area contributed by atoms with Gasteiger partial charge in [0, 0.05) is 78.3 Å². The van der Waals surface area contributed by atoms with Crippen molar-refractivity contribution in [1.29, 1.82) is 0 Å². The van der Waals surface area contributed by atoms with Crippen molar-refractivity contribution in [3.8, 4) is 28.1 Å². The number of halogens is 1. The first-order valence-electron chi connectivity index (χ1n) is 17.7. The Bertz CT molecular complexity index is 2180. The molecule has 1 saturated heterocycles. The molecule has 0 spiro atoms. The molecular weight excluding hydrogens is 661 g/mol. The molecule has 10 nitrogen and oxygen atoms in total. The van der Waals surface area contributed by atoms with Crippen LogP contribution in [-0.2, 0) is 23.0 Å². The van der Waals surface area contributed by atoms with E-state index in [1.165, 1.54) is 6.07 Å². The average Bonchev–Trinajstić information content (AvgIpc) is 3.46. The molecule has 270 valence electrons. The summed E-state index contributed by atoms with van der Waals surface area (Å²) in [6, 6.07) is 16.8. The van der Waals surface area contributed by atoms with Gasteiger partial charge in [-0.3, -0.25) is 4.79 Å². The number of carbonyl (C=O) groups is 2. The molecule has 0 bridgehead atoms. The quantitative estimate of drug-likeness (QED) is 0.188. The van der Waals surface area contributed by atoms with Crippen molar-refractivity contribution in [3.05, 3.63) is 94.6 Å². The maximum absolute atomic E-state index is 15.9. The van der Waals surface area contributed by atoms with Gasteiger partial charge in [-0.1, -0.05) is 18.2 Å². The number of carboxylic acids is 1. The fourth-order valence-corrected chi connectivity index (χ4v) is 7.50. The molecule has 5 heterocycles. The number of aliphatic carboxylic acids is 1. The summed E-state index contributed by atoms with van der Waals surface area (Å²) in [4.78, 5) is 39.7. The van der Waals surface area contributed by atoms with Gasteiger partial charge in [0.1, 0.15) is 11.5 Å². The molecular formula is C41H44FN5O5. The lowest BCUT2D eigenvalue weighted by molar-refractivity contribution is -0.160. The molecule has 52 heavy (non-hydrogen) atoms. The smallest absolute Gasteiger partial charge is 0.337 e. The number of hydrogen-bond donors (Lipinski definition) is 1. The van der Waals surface area contributed by atoms with Crippen LogP contribution in [0.1, 0.15) is 66.0 Å². The number of aromatic nitrogens is 3. The van der Waals surface area contributed by atoms with Crippen LogP contribution in [0.25, 0.3) is 33.4 Å². The highest BCUT2D eigenvalue weighted by Crippen LogP contribution is 2.45. The largest absolute Gasteiger partial charge is 0.490 e. The second kappa shape index (κ2) is 13.7. The van der Waals surface area contributed by atoms with Gasteiger partial charge in [0.25, 0.3) is 5.91 Å². The van der Waals surface area contributed by atoms with E-state index in [4.69, 9.17) is 19.4 Å². The molecule has 1 atom stereocenters. The highest BCUT2D eigenvalue weighted by atomic mass is 19.1. The van der Waals surface area contributed by atoms with Gasteiger partial charge >= 0.3 is 5.97 Å². The van der Waals surface area contributed by atoms with Gasteiger partial charge in [-0.15, -0.1) is 0 Å². The van der Waals surface area contributed by atoms with Crippen LogP contribution in [0, 0.1) is 19.7 Å². The number of carbonyl (C=O) groups excluding carboxylic acids is 1. The zero-order valence-electron chi connectivity index (χ0n) is 30.5. The number of anilines is 1. The van der Waals surface area contributed by atoms with Gasteiger partial charge < -0.3 is 28.9 Å². The van der Waals surface area contributed by atoms with Gasteiger partial charge in [0.05, 0.1) is 17.9 Å². The first-order valence-corrected chi connectivity index (χ1v) is 17.7. The van der Waals surface area contributed by atoms with Crippen molar-refractivity contribution in [2.45, 2.75) is 59.2 Å². The normalized spacial score (nSPS) is 15.4. The predicted molar refractivity (Wildman–Crippen MR) is 198 cm³/mol. The molecule has 2 aromatic carbocycles. The zero-order valence-corrected chi connectivity index (χ0v) is 30.5. The number of nitrogens with zero attached hydrogens (tertiary/aromatic N) is 5. The minimum Gasteiger partial charge on any atom is -0.490 e. The fraction of sp³-hybridized carbons (Fsp3) is 0.366. The second-order valence-corrected chi connectivity index (χ2v) is 14.6. The number of pyridine rings is 2. The summed E-state index contributed by atoms with van der Waals surface area (Å²) in [5.74, 6) is -0.555. The summed E-state index contributed by atoms with van der Waals surface area (Å²) in [6.07, 6.45) is 1.84. The Morgan fingerprint density at radius 1 is 1.02 bits per heavy atom. The molecule has 1 N–H and O–H groups in total. The highest BCUT2D eigenvalue weighted by molar-refractivity contribution is 6.01. The van der Waals surface area contributed by atoms with Crippen LogP contribution in [-0.4, -0.2) is 74.8 Å². The Morgan fingerprint density at radius 2 is 1.75 bits per heavy atom. The highest BCUT2D eigenvalue weighted by Gasteiger charge is 2.35. The number of amides is 1. The Balaban J connectivity index is 1.33. The van der Waals surface area contributed by atoms with E-state index in [0.717, 1.165) is 34.6 Å². The zero-order chi connectivity index (χ0) is 36.9. The van der Waals surface area contributed by atoms with Gasteiger partial charge in [-0.2, -0.15) is 0 Å². The number of benzene rings is 2. The van der Waals surface area contributed by atoms with E-state index in [0.29, 0.717) is 78.2 Å². The van der Waals surface area contributed by atoms with Crippen LogP contribution in [0.2, 0.25) is 0 Å². The topological polar surface area (TPSA) is 110 Å². The number of ether oxygens (including phenoxy) is 2. The van der Waals surface area contributed by atoms with Gasteiger partial charge in [-0.25, -0.2) is 19.2 Å².